The number of nitrogens with zero attached hydrogens (tertiary/aromatic N) is 4. The first kappa shape index (κ1) is 15.6. The van der Waals surface area contributed by atoms with Gasteiger partial charge in [0.1, 0.15) is 0 Å². The second-order valence-corrected chi connectivity index (χ2v) is 5.21. The molecule has 6 heteroatoms. The molecule has 1 aromatic carbocycles. The quantitative estimate of drug-likeness (QED) is 0.539. The van der Waals surface area contributed by atoms with Crippen LogP contribution in [0.5, 0.6) is 0 Å². The summed E-state index contributed by atoms with van der Waals surface area (Å²) < 4.78 is 0. The van der Waals surface area contributed by atoms with E-state index in [4.69, 9.17) is 0 Å². The number of anilines is 2. The fourth-order valence-corrected chi connectivity index (χ4v) is 2.11. The molecule has 3 aromatic rings. The van der Waals surface area contributed by atoms with E-state index in [1.54, 1.807) is 18.6 Å². The number of rotatable bonds is 6. The van der Waals surface area contributed by atoms with Gasteiger partial charge in [0.2, 0.25) is 5.95 Å². The average Bonchev–Trinajstić information content (AvgIpc) is 2.61. The van der Waals surface area contributed by atoms with Gasteiger partial charge < -0.3 is 5.32 Å². The van der Waals surface area contributed by atoms with Gasteiger partial charge in [-0.2, -0.15) is 10.1 Å². The third-order valence-electron chi connectivity index (χ3n) is 3.22. The van der Waals surface area contributed by atoms with E-state index in [1.165, 1.54) is 5.56 Å². The van der Waals surface area contributed by atoms with E-state index in [1.807, 2.05) is 43.3 Å². The average molecular weight is 318 g/mol. The monoisotopic (exact) mass is 318 g/mol. The first-order valence-electron chi connectivity index (χ1n) is 7.62. The number of aromatic nitrogens is 3. The van der Waals surface area contributed by atoms with Crippen LogP contribution in [0.2, 0.25) is 0 Å². The van der Waals surface area contributed by atoms with Gasteiger partial charge in [-0.25, -0.2) is 4.98 Å². The maximum atomic E-state index is 4.42. The Kier molecular flexibility index (Phi) is 5.09. The predicted octanol–water partition coefficient (Wildman–Crippen LogP) is 3.24. The number of nitrogens with one attached hydrogen (secondary N) is 2. The molecule has 0 fully saturated rings. The van der Waals surface area contributed by atoms with E-state index in [-0.39, 0.29) is 0 Å². The summed E-state index contributed by atoms with van der Waals surface area (Å²) in [6.45, 7) is 2.59. The van der Waals surface area contributed by atoms with Gasteiger partial charge in [0.15, 0.2) is 5.82 Å². The van der Waals surface area contributed by atoms with Gasteiger partial charge in [-0.05, 0) is 18.6 Å². The number of pyridine rings is 1. The summed E-state index contributed by atoms with van der Waals surface area (Å²) in [5.41, 5.74) is 5.87. The third-order valence-corrected chi connectivity index (χ3v) is 3.22. The minimum atomic E-state index is 0.568. The molecule has 0 amide bonds. The first-order valence-corrected chi connectivity index (χ1v) is 7.62. The lowest BCUT2D eigenvalue weighted by Crippen LogP contribution is -2.06. The Morgan fingerprint density at radius 2 is 1.96 bits per heavy atom. The maximum absolute atomic E-state index is 4.42. The molecule has 0 aliphatic rings. The van der Waals surface area contributed by atoms with E-state index in [2.05, 4.69) is 42.9 Å². The normalized spacial score (nSPS) is 10.7. The second-order valence-electron chi connectivity index (χ2n) is 5.21. The highest BCUT2D eigenvalue weighted by atomic mass is 15.3. The van der Waals surface area contributed by atoms with Crippen molar-refractivity contribution < 1.29 is 0 Å². The fourth-order valence-electron chi connectivity index (χ4n) is 2.11. The molecule has 120 valence electrons. The molecule has 0 saturated carbocycles. The van der Waals surface area contributed by atoms with Crippen LogP contribution in [0, 0.1) is 6.92 Å². The summed E-state index contributed by atoms with van der Waals surface area (Å²) in [4.78, 5) is 12.8. The predicted molar refractivity (Wildman–Crippen MR) is 96.0 cm³/mol. The van der Waals surface area contributed by atoms with Gasteiger partial charge in [0, 0.05) is 36.3 Å². The SMILES string of the molecule is Cc1cc(N/N=C\c2cccnc2)nc(NCc2ccccc2)n1. The van der Waals surface area contributed by atoms with Gasteiger partial charge in [0.05, 0.1) is 6.21 Å². The van der Waals surface area contributed by atoms with E-state index >= 15 is 0 Å². The Bertz CT molecular complexity index is 802. The molecular formula is C18H18N6. The summed E-state index contributed by atoms with van der Waals surface area (Å²) in [5.74, 6) is 1.20. The molecular weight excluding hydrogens is 300 g/mol. The van der Waals surface area contributed by atoms with Crippen LogP contribution in [0.1, 0.15) is 16.8 Å². The number of hydrogen-bond donors (Lipinski definition) is 2. The van der Waals surface area contributed by atoms with Gasteiger partial charge in [0.25, 0.3) is 0 Å². The lowest BCUT2D eigenvalue weighted by molar-refractivity contribution is 1.02. The highest BCUT2D eigenvalue weighted by Gasteiger charge is 2.01. The van der Waals surface area contributed by atoms with Crippen molar-refractivity contribution in [3.8, 4) is 0 Å². The number of benzene rings is 1. The molecule has 0 aliphatic carbocycles. The molecule has 2 N–H and O–H groups in total. The number of hydrogen-bond acceptors (Lipinski definition) is 6. The molecule has 2 heterocycles. The second kappa shape index (κ2) is 7.82. The smallest absolute Gasteiger partial charge is 0.225 e. The molecule has 0 bridgehead atoms. The highest BCUT2D eigenvalue weighted by molar-refractivity contribution is 5.79. The minimum absolute atomic E-state index is 0.568. The van der Waals surface area contributed by atoms with Gasteiger partial charge in [-0.15, -0.1) is 0 Å². The molecule has 0 aliphatic heterocycles. The van der Waals surface area contributed by atoms with Crippen LogP contribution >= 0.6 is 0 Å². The van der Waals surface area contributed by atoms with Crippen molar-refractivity contribution in [2.45, 2.75) is 13.5 Å². The minimum Gasteiger partial charge on any atom is -0.350 e. The van der Waals surface area contributed by atoms with E-state index < -0.39 is 0 Å². The summed E-state index contributed by atoms with van der Waals surface area (Å²) in [5, 5.41) is 7.41. The first-order chi connectivity index (χ1) is 11.8. The molecule has 0 saturated heterocycles. The zero-order chi connectivity index (χ0) is 16.6. The van der Waals surface area contributed by atoms with Crippen LogP contribution in [-0.4, -0.2) is 21.2 Å². The fraction of sp³-hybridized carbons (Fsp3) is 0.111. The zero-order valence-corrected chi connectivity index (χ0v) is 13.3. The van der Waals surface area contributed by atoms with Crippen molar-refractivity contribution in [1.82, 2.24) is 15.0 Å². The topological polar surface area (TPSA) is 75.1 Å². The summed E-state index contributed by atoms with van der Waals surface area (Å²) in [6.07, 6.45) is 5.16. The van der Waals surface area contributed by atoms with Crippen LogP contribution < -0.4 is 10.7 Å². The van der Waals surface area contributed by atoms with Crippen molar-refractivity contribution in [2.24, 2.45) is 5.10 Å². The van der Waals surface area contributed by atoms with Crippen molar-refractivity contribution >= 4 is 18.0 Å². The summed E-state index contributed by atoms with van der Waals surface area (Å²) in [6, 6.07) is 15.8. The largest absolute Gasteiger partial charge is 0.350 e. The Morgan fingerprint density at radius 1 is 1.08 bits per heavy atom. The van der Waals surface area contributed by atoms with Gasteiger partial charge in [-0.1, -0.05) is 36.4 Å². The van der Waals surface area contributed by atoms with Crippen molar-refractivity contribution in [2.75, 3.05) is 10.7 Å². The lowest BCUT2D eigenvalue weighted by atomic mass is 10.2. The number of hydrazone groups is 1. The Labute approximate surface area is 140 Å². The molecule has 3 rings (SSSR count). The molecule has 0 spiro atoms. The molecule has 0 unspecified atom stereocenters. The molecule has 24 heavy (non-hydrogen) atoms. The Balaban J connectivity index is 1.64. The Hall–Kier alpha value is -3.28. The number of aryl methyl sites for hydroxylation is 1. The maximum Gasteiger partial charge on any atom is 0.225 e. The highest BCUT2D eigenvalue weighted by Crippen LogP contribution is 2.11. The van der Waals surface area contributed by atoms with E-state index in [9.17, 15) is 0 Å². The van der Waals surface area contributed by atoms with Crippen LogP contribution in [0.25, 0.3) is 0 Å². The van der Waals surface area contributed by atoms with Crippen LogP contribution in [0.4, 0.5) is 11.8 Å². The molecule has 2 aromatic heterocycles. The van der Waals surface area contributed by atoms with Gasteiger partial charge in [-0.3, -0.25) is 10.4 Å². The van der Waals surface area contributed by atoms with E-state index in [0.29, 0.717) is 18.3 Å². The molecule has 6 nitrogen and oxygen atoms in total. The van der Waals surface area contributed by atoms with E-state index in [0.717, 1.165) is 11.3 Å². The summed E-state index contributed by atoms with van der Waals surface area (Å²) >= 11 is 0. The lowest BCUT2D eigenvalue weighted by Gasteiger charge is -2.08. The molecule has 0 atom stereocenters. The van der Waals surface area contributed by atoms with Crippen LogP contribution in [0.15, 0.2) is 66.0 Å². The van der Waals surface area contributed by atoms with Crippen molar-refractivity contribution in [1.29, 1.82) is 0 Å². The third kappa shape index (κ3) is 4.61. The summed E-state index contributed by atoms with van der Waals surface area (Å²) in [7, 11) is 0. The van der Waals surface area contributed by atoms with Crippen LogP contribution in [-0.2, 0) is 6.54 Å². The standard InChI is InChI=1S/C18H18N6/c1-14-10-17(24-21-13-16-8-5-9-19-11-16)23-18(22-14)20-12-15-6-3-2-4-7-15/h2-11,13H,12H2,1H3,(H2,20,22,23,24)/b21-13-. The van der Waals surface area contributed by atoms with Crippen LogP contribution in [0.3, 0.4) is 0 Å². The van der Waals surface area contributed by atoms with Gasteiger partial charge >= 0.3 is 0 Å². The van der Waals surface area contributed by atoms with Crippen molar-refractivity contribution in [3.63, 3.8) is 0 Å². The zero-order valence-electron chi connectivity index (χ0n) is 13.3. The van der Waals surface area contributed by atoms with Crippen molar-refractivity contribution in [3.05, 3.63) is 77.7 Å². The Morgan fingerprint density at radius 3 is 2.75 bits per heavy atom. The molecule has 0 radical (unpaired) electrons.